The number of hydrogen-bond donors (Lipinski definition) is 1. The molecule has 1 amide bonds. The van der Waals surface area contributed by atoms with Gasteiger partial charge in [0.1, 0.15) is 12.1 Å². The van der Waals surface area contributed by atoms with Gasteiger partial charge in [-0.05, 0) is 36.8 Å². The van der Waals surface area contributed by atoms with Crippen LogP contribution in [0.3, 0.4) is 0 Å². The molecule has 2 aromatic heterocycles. The Morgan fingerprint density at radius 1 is 1.20 bits per heavy atom. The summed E-state index contributed by atoms with van der Waals surface area (Å²) in [6.07, 6.45) is 2.26. The predicted molar refractivity (Wildman–Crippen MR) is 85.2 cm³/mol. The molecule has 1 aromatic carbocycles. The Morgan fingerprint density at radius 2 is 2.08 bits per heavy atom. The Balaban J connectivity index is 1.43. The number of carbonyl (C=O) groups excluding carboxylic acids is 1. The van der Waals surface area contributed by atoms with Crippen molar-refractivity contribution in [3.8, 4) is 0 Å². The molecule has 128 valence electrons. The Kier molecular flexibility index (Phi) is 3.75. The number of anilines is 1. The summed E-state index contributed by atoms with van der Waals surface area (Å²) in [6, 6.07) is 6.69. The number of nitrogens with zero attached hydrogens (tertiary/aromatic N) is 5. The van der Waals surface area contributed by atoms with Gasteiger partial charge < -0.3 is 10.2 Å². The Morgan fingerprint density at radius 3 is 2.92 bits per heavy atom. The molecule has 3 heterocycles. The van der Waals surface area contributed by atoms with Gasteiger partial charge in [-0.15, -0.1) is 15.3 Å². The van der Waals surface area contributed by atoms with Gasteiger partial charge in [-0.2, -0.15) is 4.52 Å². The molecular weight excluding hydrogens is 330 g/mol. The van der Waals surface area contributed by atoms with Gasteiger partial charge in [0, 0.05) is 24.7 Å². The van der Waals surface area contributed by atoms with E-state index in [1.54, 1.807) is 4.52 Å². The molecule has 25 heavy (non-hydrogen) atoms. The molecule has 1 atom stereocenters. The predicted octanol–water partition coefficient (Wildman–Crippen LogP) is 1.41. The van der Waals surface area contributed by atoms with E-state index in [2.05, 4.69) is 20.6 Å². The number of hydrogen-bond acceptors (Lipinski definition) is 5. The second-order valence-electron chi connectivity index (χ2n) is 5.86. The summed E-state index contributed by atoms with van der Waals surface area (Å²) in [4.78, 5) is 14.2. The number of fused-ring (bicyclic) bond motifs is 1. The van der Waals surface area contributed by atoms with E-state index in [1.807, 2.05) is 17.0 Å². The van der Waals surface area contributed by atoms with Gasteiger partial charge in [0.05, 0.1) is 0 Å². The molecule has 9 heteroatoms. The molecule has 0 saturated carbocycles. The zero-order valence-corrected chi connectivity index (χ0v) is 13.1. The third-order valence-electron chi connectivity index (χ3n) is 4.18. The van der Waals surface area contributed by atoms with Crippen molar-refractivity contribution in [1.29, 1.82) is 0 Å². The molecule has 4 rings (SSSR count). The van der Waals surface area contributed by atoms with E-state index in [-0.39, 0.29) is 11.6 Å². The summed E-state index contributed by atoms with van der Waals surface area (Å²) in [7, 11) is 0. The number of halogens is 2. The highest BCUT2D eigenvalue weighted by Crippen LogP contribution is 2.18. The summed E-state index contributed by atoms with van der Waals surface area (Å²) in [5.74, 6) is -1.67. The first kappa shape index (κ1) is 15.4. The zero-order chi connectivity index (χ0) is 17.4. The summed E-state index contributed by atoms with van der Waals surface area (Å²) in [5.41, 5.74) is 0.757. The molecule has 1 saturated heterocycles. The maximum Gasteiger partial charge on any atom is 0.251 e. The third kappa shape index (κ3) is 3.00. The largest absolute Gasteiger partial charge is 0.353 e. The summed E-state index contributed by atoms with van der Waals surface area (Å²) < 4.78 is 27.8. The van der Waals surface area contributed by atoms with Gasteiger partial charge in [-0.25, -0.2) is 8.78 Å². The van der Waals surface area contributed by atoms with E-state index in [4.69, 9.17) is 0 Å². The highest BCUT2D eigenvalue weighted by Gasteiger charge is 2.25. The second-order valence-corrected chi connectivity index (χ2v) is 5.86. The molecule has 0 spiro atoms. The minimum Gasteiger partial charge on any atom is -0.353 e. The molecule has 0 radical (unpaired) electrons. The molecule has 0 aliphatic carbocycles. The van der Waals surface area contributed by atoms with Gasteiger partial charge in [-0.1, -0.05) is 0 Å². The number of rotatable bonds is 3. The monoisotopic (exact) mass is 344 g/mol. The maximum absolute atomic E-state index is 13.3. The average molecular weight is 344 g/mol. The average Bonchev–Trinajstić information content (AvgIpc) is 3.25. The number of amides is 1. The summed E-state index contributed by atoms with van der Waals surface area (Å²) in [5, 5.41) is 15.0. The lowest BCUT2D eigenvalue weighted by Crippen LogP contribution is -2.37. The molecule has 3 aromatic rings. The van der Waals surface area contributed by atoms with E-state index < -0.39 is 17.5 Å². The molecule has 1 N–H and O–H groups in total. The molecule has 7 nitrogen and oxygen atoms in total. The van der Waals surface area contributed by atoms with Gasteiger partial charge in [0.15, 0.2) is 17.3 Å². The lowest BCUT2D eigenvalue weighted by molar-refractivity contribution is 0.0940. The zero-order valence-electron chi connectivity index (χ0n) is 13.1. The van der Waals surface area contributed by atoms with E-state index in [0.29, 0.717) is 12.2 Å². The van der Waals surface area contributed by atoms with Crippen LogP contribution >= 0.6 is 0 Å². The minimum absolute atomic E-state index is 0.0981. The van der Waals surface area contributed by atoms with E-state index >= 15 is 0 Å². The van der Waals surface area contributed by atoms with E-state index in [1.165, 1.54) is 12.4 Å². The van der Waals surface area contributed by atoms with Crippen molar-refractivity contribution >= 4 is 17.4 Å². The van der Waals surface area contributed by atoms with E-state index in [0.717, 1.165) is 30.9 Å². The van der Waals surface area contributed by atoms with Crippen molar-refractivity contribution in [3.63, 3.8) is 0 Å². The van der Waals surface area contributed by atoms with Crippen LogP contribution in [-0.2, 0) is 0 Å². The van der Waals surface area contributed by atoms with Gasteiger partial charge in [-0.3, -0.25) is 4.79 Å². The molecular formula is C16H14F2N6O. The van der Waals surface area contributed by atoms with Crippen molar-refractivity contribution < 1.29 is 13.6 Å². The van der Waals surface area contributed by atoms with E-state index in [9.17, 15) is 13.6 Å². The van der Waals surface area contributed by atoms with Crippen LogP contribution in [-0.4, -0.2) is 44.8 Å². The SMILES string of the molecule is O=C(NC1CCN(c2ccc3nncn3n2)C1)c1ccc(F)c(F)c1. The van der Waals surface area contributed by atoms with Gasteiger partial charge in [0.2, 0.25) is 0 Å². The quantitative estimate of drug-likeness (QED) is 0.778. The standard InChI is InChI=1S/C16H14F2N6O/c17-12-2-1-10(7-13(12)18)16(25)20-11-5-6-23(8-11)15-4-3-14-21-19-9-24(14)22-15/h1-4,7,9,11H,5-6,8H2,(H,20,25). The summed E-state index contributed by atoms with van der Waals surface area (Å²) in [6.45, 7) is 1.30. The molecule has 1 aliphatic rings. The highest BCUT2D eigenvalue weighted by molar-refractivity contribution is 5.94. The van der Waals surface area contributed by atoms with Crippen LogP contribution in [0.4, 0.5) is 14.6 Å². The fourth-order valence-corrected chi connectivity index (χ4v) is 2.88. The van der Waals surface area contributed by atoms with Crippen LogP contribution in [0, 0.1) is 11.6 Å². The van der Waals surface area contributed by atoms with Crippen molar-refractivity contribution in [2.75, 3.05) is 18.0 Å². The normalized spacial score (nSPS) is 17.2. The first-order chi connectivity index (χ1) is 12.1. The van der Waals surface area contributed by atoms with Crippen molar-refractivity contribution in [2.45, 2.75) is 12.5 Å². The number of aromatic nitrogens is 4. The highest BCUT2D eigenvalue weighted by atomic mass is 19.2. The fourth-order valence-electron chi connectivity index (χ4n) is 2.88. The Hall–Kier alpha value is -3.10. The summed E-state index contributed by atoms with van der Waals surface area (Å²) >= 11 is 0. The lowest BCUT2D eigenvalue weighted by atomic mass is 10.1. The first-order valence-corrected chi connectivity index (χ1v) is 7.78. The fraction of sp³-hybridized carbons (Fsp3) is 0.250. The van der Waals surface area contributed by atoms with Crippen molar-refractivity contribution in [1.82, 2.24) is 25.1 Å². The maximum atomic E-state index is 13.3. The number of nitrogens with one attached hydrogen (secondary N) is 1. The third-order valence-corrected chi connectivity index (χ3v) is 4.18. The first-order valence-electron chi connectivity index (χ1n) is 7.78. The molecule has 1 aliphatic heterocycles. The lowest BCUT2D eigenvalue weighted by Gasteiger charge is -2.17. The van der Waals surface area contributed by atoms with Gasteiger partial charge >= 0.3 is 0 Å². The van der Waals surface area contributed by atoms with Crippen LogP contribution in [0.1, 0.15) is 16.8 Å². The smallest absolute Gasteiger partial charge is 0.251 e. The second kappa shape index (κ2) is 6.08. The number of carbonyl (C=O) groups is 1. The Bertz CT molecular complexity index is 943. The van der Waals surface area contributed by atoms with Crippen LogP contribution in [0.25, 0.3) is 5.65 Å². The van der Waals surface area contributed by atoms with Crippen molar-refractivity contribution in [3.05, 3.63) is 53.9 Å². The van der Waals surface area contributed by atoms with Crippen LogP contribution < -0.4 is 10.2 Å². The molecule has 1 fully saturated rings. The van der Waals surface area contributed by atoms with Crippen molar-refractivity contribution in [2.24, 2.45) is 0 Å². The molecule has 0 bridgehead atoms. The van der Waals surface area contributed by atoms with Crippen LogP contribution in [0.15, 0.2) is 36.7 Å². The van der Waals surface area contributed by atoms with Gasteiger partial charge in [0.25, 0.3) is 5.91 Å². The molecule has 1 unspecified atom stereocenters. The topological polar surface area (TPSA) is 75.4 Å². The minimum atomic E-state index is -1.04. The van der Waals surface area contributed by atoms with Crippen LogP contribution in [0.2, 0.25) is 0 Å². The Labute approximate surface area is 141 Å². The number of benzene rings is 1. The van der Waals surface area contributed by atoms with Crippen LogP contribution in [0.5, 0.6) is 0 Å².